The average Bonchev–Trinajstić information content (AvgIpc) is 2.74. The number of aromatic nitrogens is 2. The van der Waals surface area contributed by atoms with E-state index in [0.29, 0.717) is 0 Å². The smallest absolute Gasteiger partial charge is 0.332 e. The lowest BCUT2D eigenvalue weighted by Gasteiger charge is -2.16. The van der Waals surface area contributed by atoms with E-state index in [4.69, 9.17) is 4.74 Å². The molecule has 0 aliphatic rings. The van der Waals surface area contributed by atoms with Crippen LogP contribution in [0.2, 0.25) is 0 Å². The molecule has 2 aromatic rings. The van der Waals surface area contributed by atoms with Crippen LogP contribution in [-0.4, -0.2) is 40.2 Å². The quantitative estimate of drug-likeness (QED) is 0.503. The zero-order valence-electron chi connectivity index (χ0n) is 18.7. The van der Waals surface area contributed by atoms with Crippen molar-refractivity contribution in [3.63, 3.8) is 0 Å². The van der Waals surface area contributed by atoms with Gasteiger partial charge in [-0.25, -0.2) is 9.18 Å². The Balaban J connectivity index is 2.07. The van der Waals surface area contributed by atoms with Gasteiger partial charge in [0.2, 0.25) is 5.91 Å². The monoisotopic (exact) mass is 459 g/mol. The number of halogens is 1. The standard InChI is InChI=1S/C22H26FN5O5/c1-14(2)33-21(31)7-9-26-19(29)6-8-25-18-11-20(30)27(3)22(32)28(18)13-16-10-17(23)5-4-15(16)12-24/h4-5,10-11,14,25H,6-9,13H2,1-3H3,(H,26,29). The molecule has 0 saturated carbocycles. The van der Waals surface area contributed by atoms with E-state index >= 15 is 0 Å². The van der Waals surface area contributed by atoms with Crippen LogP contribution in [0.3, 0.4) is 0 Å². The van der Waals surface area contributed by atoms with Gasteiger partial charge in [0.05, 0.1) is 30.7 Å². The maximum atomic E-state index is 13.7. The molecule has 0 aliphatic heterocycles. The van der Waals surface area contributed by atoms with E-state index in [2.05, 4.69) is 10.6 Å². The molecule has 0 bridgehead atoms. The van der Waals surface area contributed by atoms with Crippen LogP contribution < -0.4 is 21.9 Å². The molecule has 2 rings (SSSR count). The Hall–Kier alpha value is -3.94. The van der Waals surface area contributed by atoms with Crippen LogP contribution >= 0.6 is 0 Å². The molecule has 0 aliphatic carbocycles. The van der Waals surface area contributed by atoms with E-state index in [1.807, 2.05) is 6.07 Å². The van der Waals surface area contributed by atoms with Crippen molar-refractivity contribution < 1.29 is 18.7 Å². The van der Waals surface area contributed by atoms with E-state index in [1.165, 1.54) is 23.7 Å². The minimum Gasteiger partial charge on any atom is -0.463 e. The van der Waals surface area contributed by atoms with Gasteiger partial charge in [0.1, 0.15) is 11.6 Å². The number of amides is 1. The summed E-state index contributed by atoms with van der Waals surface area (Å²) in [6.45, 7) is 3.52. The van der Waals surface area contributed by atoms with Gasteiger partial charge in [-0.3, -0.25) is 23.5 Å². The number of carbonyl (C=O) groups is 2. The fourth-order valence-electron chi connectivity index (χ4n) is 2.96. The minimum absolute atomic E-state index is 0.00599. The molecule has 0 fully saturated rings. The van der Waals surface area contributed by atoms with Gasteiger partial charge in [0.15, 0.2) is 0 Å². The van der Waals surface area contributed by atoms with Gasteiger partial charge in [0, 0.05) is 32.6 Å². The second-order valence-electron chi connectivity index (χ2n) is 7.52. The van der Waals surface area contributed by atoms with E-state index in [-0.39, 0.29) is 61.4 Å². The molecule has 1 aromatic carbocycles. The van der Waals surface area contributed by atoms with Crippen LogP contribution in [0.25, 0.3) is 0 Å². The van der Waals surface area contributed by atoms with Crippen LogP contribution in [0.15, 0.2) is 33.9 Å². The van der Waals surface area contributed by atoms with Crippen molar-refractivity contribution in [1.82, 2.24) is 14.5 Å². The van der Waals surface area contributed by atoms with Gasteiger partial charge < -0.3 is 15.4 Å². The molecule has 0 spiro atoms. The topological polar surface area (TPSA) is 135 Å². The highest BCUT2D eigenvalue weighted by Gasteiger charge is 2.13. The van der Waals surface area contributed by atoms with Gasteiger partial charge in [-0.05, 0) is 37.6 Å². The molecule has 10 nitrogen and oxygen atoms in total. The van der Waals surface area contributed by atoms with E-state index in [9.17, 15) is 28.8 Å². The van der Waals surface area contributed by atoms with Crippen LogP contribution in [0.4, 0.5) is 10.2 Å². The molecule has 1 aromatic heterocycles. The second kappa shape index (κ2) is 11.6. The summed E-state index contributed by atoms with van der Waals surface area (Å²) in [5.74, 6) is -1.19. The number of anilines is 1. The first-order chi connectivity index (χ1) is 15.6. The Bertz CT molecular complexity index is 1180. The number of hydrogen-bond donors (Lipinski definition) is 2. The van der Waals surface area contributed by atoms with Crippen molar-refractivity contribution in [2.45, 2.75) is 39.3 Å². The number of ether oxygens (including phenoxy) is 1. The lowest BCUT2D eigenvalue weighted by molar-refractivity contribution is -0.147. The first-order valence-corrected chi connectivity index (χ1v) is 10.3. The molecule has 176 valence electrons. The zero-order chi connectivity index (χ0) is 24.5. The largest absolute Gasteiger partial charge is 0.463 e. The molecule has 0 radical (unpaired) electrons. The number of nitrogens with one attached hydrogen (secondary N) is 2. The molecule has 11 heteroatoms. The molecule has 0 atom stereocenters. The van der Waals surface area contributed by atoms with Crippen molar-refractivity contribution in [2.24, 2.45) is 7.05 Å². The number of rotatable bonds is 10. The number of benzene rings is 1. The summed E-state index contributed by atoms with van der Waals surface area (Å²) < 4.78 is 20.8. The lowest BCUT2D eigenvalue weighted by atomic mass is 10.1. The fourth-order valence-corrected chi connectivity index (χ4v) is 2.96. The van der Waals surface area contributed by atoms with Crippen LogP contribution in [-0.2, 0) is 27.9 Å². The Labute approximate surface area is 189 Å². The second-order valence-corrected chi connectivity index (χ2v) is 7.52. The van der Waals surface area contributed by atoms with Crippen molar-refractivity contribution in [3.05, 3.63) is 62.0 Å². The molecule has 1 heterocycles. The molecular formula is C22H26FN5O5. The van der Waals surface area contributed by atoms with Gasteiger partial charge in [0.25, 0.3) is 5.56 Å². The summed E-state index contributed by atoms with van der Waals surface area (Å²) >= 11 is 0. The number of hydrogen-bond acceptors (Lipinski definition) is 7. The third-order valence-corrected chi connectivity index (χ3v) is 4.59. The summed E-state index contributed by atoms with van der Waals surface area (Å²) in [4.78, 5) is 48.3. The Morgan fingerprint density at radius 3 is 2.58 bits per heavy atom. The van der Waals surface area contributed by atoms with Crippen molar-refractivity contribution >= 4 is 17.7 Å². The highest BCUT2D eigenvalue weighted by Crippen LogP contribution is 2.14. The van der Waals surface area contributed by atoms with E-state index in [1.54, 1.807) is 13.8 Å². The SMILES string of the molecule is CC(C)OC(=O)CCNC(=O)CCNc1cc(=O)n(C)c(=O)n1Cc1cc(F)ccc1C#N. The average molecular weight is 459 g/mol. The number of nitriles is 1. The first-order valence-electron chi connectivity index (χ1n) is 10.3. The first kappa shape index (κ1) is 25.3. The van der Waals surface area contributed by atoms with Gasteiger partial charge in [-0.2, -0.15) is 5.26 Å². The normalized spacial score (nSPS) is 10.5. The zero-order valence-corrected chi connectivity index (χ0v) is 18.7. The fraction of sp³-hybridized carbons (Fsp3) is 0.409. The summed E-state index contributed by atoms with van der Waals surface area (Å²) in [5, 5.41) is 14.7. The third-order valence-electron chi connectivity index (χ3n) is 4.59. The lowest BCUT2D eigenvalue weighted by Crippen LogP contribution is -2.39. The molecule has 0 unspecified atom stereocenters. The van der Waals surface area contributed by atoms with Gasteiger partial charge in [-0.15, -0.1) is 0 Å². The number of carbonyl (C=O) groups excluding carboxylic acids is 2. The van der Waals surface area contributed by atoms with Crippen LogP contribution in [0.5, 0.6) is 0 Å². The number of nitrogens with zero attached hydrogens (tertiary/aromatic N) is 3. The van der Waals surface area contributed by atoms with E-state index < -0.39 is 23.0 Å². The Morgan fingerprint density at radius 2 is 1.91 bits per heavy atom. The number of esters is 1. The van der Waals surface area contributed by atoms with Crippen molar-refractivity contribution in [2.75, 3.05) is 18.4 Å². The van der Waals surface area contributed by atoms with E-state index in [0.717, 1.165) is 16.7 Å². The summed E-state index contributed by atoms with van der Waals surface area (Å²) in [5.41, 5.74) is -0.760. The Morgan fingerprint density at radius 1 is 1.18 bits per heavy atom. The summed E-state index contributed by atoms with van der Waals surface area (Å²) in [6.07, 6.45) is -0.183. The van der Waals surface area contributed by atoms with Crippen molar-refractivity contribution in [1.29, 1.82) is 5.26 Å². The highest BCUT2D eigenvalue weighted by molar-refractivity contribution is 5.77. The summed E-state index contributed by atoms with van der Waals surface area (Å²) in [7, 11) is 1.31. The molecule has 33 heavy (non-hydrogen) atoms. The molecule has 1 amide bonds. The molecular weight excluding hydrogens is 433 g/mol. The predicted molar refractivity (Wildman–Crippen MR) is 118 cm³/mol. The minimum atomic E-state index is -0.661. The van der Waals surface area contributed by atoms with Gasteiger partial charge in [-0.1, -0.05) is 0 Å². The highest BCUT2D eigenvalue weighted by atomic mass is 19.1. The van der Waals surface area contributed by atoms with Crippen LogP contribution in [0, 0.1) is 17.1 Å². The van der Waals surface area contributed by atoms with Crippen LogP contribution in [0.1, 0.15) is 37.8 Å². The van der Waals surface area contributed by atoms with Crippen molar-refractivity contribution in [3.8, 4) is 6.07 Å². The molecule has 2 N–H and O–H groups in total. The predicted octanol–water partition coefficient (Wildman–Crippen LogP) is 0.866. The third kappa shape index (κ3) is 7.31. The molecule has 0 saturated heterocycles. The van der Waals surface area contributed by atoms with Gasteiger partial charge >= 0.3 is 11.7 Å². The summed E-state index contributed by atoms with van der Waals surface area (Å²) in [6, 6.07) is 6.74. The Kier molecular flexibility index (Phi) is 8.91. The maximum Gasteiger partial charge on any atom is 0.332 e. The maximum absolute atomic E-state index is 13.7.